The maximum Gasteiger partial charge on any atom is 0.405 e. The van der Waals surface area contributed by atoms with E-state index in [9.17, 15) is 22.8 Å². The molecule has 0 spiro atoms. The Balaban J connectivity index is 2.20. The van der Waals surface area contributed by atoms with Crippen molar-refractivity contribution < 1.29 is 32.6 Å². The summed E-state index contributed by atoms with van der Waals surface area (Å²) in [7, 11) is 0. The van der Waals surface area contributed by atoms with Gasteiger partial charge in [0.2, 0.25) is 0 Å². The predicted octanol–water partition coefficient (Wildman–Crippen LogP) is 2.41. The topological polar surface area (TPSA) is 118 Å². The fourth-order valence-corrected chi connectivity index (χ4v) is 2.67. The van der Waals surface area contributed by atoms with Gasteiger partial charge in [0, 0.05) is 18.7 Å². The molecular formula is C21H26F3N5O4. The molecule has 0 fully saturated rings. The van der Waals surface area contributed by atoms with Crippen molar-refractivity contribution in [3.05, 3.63) is 48.3 Å². The first-order valence-corrected chi connectivity index (χ1v) is 10.3. The van der Waals surface area contributed by atoms with E-state index in [4.69, 9.17) is 9.84 Å². The molecule has 0 aliphatic carbocycles. The third-order valence-corrected chi connectivity index (χ3v) is 4.32. The summed E-state index contributed by atoms with van der Waals surface area (Å²) in [4.78, 5) is 24.3. The number of nitrogens with one attached hydrogen (secondary N) is 2. The van der Waals surface area contributed by atoms with Gasteiger partial charge in [-0.05, 0) is 43.9 Å². The summed E-state index contributed by atoms with van der Waals surface area (Å²) in [6, 6.07) is 4.09. The van der Waals surface area contributed by atoms with Gasteiger partial charge in [-0.25, -0.2) is 4.68 Å². The molecule has 1 aromatic carbocycles. The number of alkyl halides is 3. The molecule has 0 aliphatic heterocycles. The van der Waals surface area contributed by atoms with Gasteiger partial charge in [-0.2, -0.15) is 13.2 Å². The van der Waals surface area contributed by atoms with Crippen LogP contribution in [-0.4, -0.2) is 64.4 Å². The lowest BCUT2D eigenvalue weighted by atomic mass is 10.1. The van der Waals surface area contributed by atoms with Crippen LogP contribution in [0, 0.1) is 0 Å². The molecule has 180 valence electrons. The van der Waals surface area contributed by atoms with Gasteiger partial charge < -0.3 is 20.5 Å². The molecule has 0 bridgehead atoms. The molecule has 1 aromatic heterocycles. The number of aromatic nitrogens is 3. The van der Waals surface area contributed by atoms with Crippen molar-refractivity contribution in [2.75, 3.05) is 26.3 Å². The number of allylic oxidation sites excluding steroid dienone is 1. The Morgan fingerprint density at radius 2 is 1.97 bits per heavy atom. The number of unbranched alkanes of at least 4 members (excludes halogenated alkanes) is 2. The van der Waals surface area contributed by atoms with Crippen molar-refractivity contribution in [3.8, 4) is 11.4 Å². The first kappa shape index (κ1) is 25.8. The zero-order chi connectivity index (χ0) is 24.3. The van der Waals surface area contributed by atoms with E-state index < -0.39 is 24.5 Å². The minimum absolute atomic E-state index is 0.0244. The molecule has 2 amide bonds. The third kappa shape index (κ3) is 8.56. The Bertz CT molecular complexity index is 946. The van der Waals surface area contributed by atoms with Crippen LogP contribution >= 0.6 is 0 Å². The Kier molecular flexibility index (Phi) is 9.85. The molecule has 12 heteroatoms. The van der Waals surface area contributed by atoms with Crippen LogP contribution in [0.25, 0.3) is 5.69 Å². The number of benzene rings is 1. The highest BCUT2D eigenvalue weighted by Gasteiger charge is 2.28. The van der Waals surface area contributed by atoms with E-state index in [1.165, 1.54) is 29.1 Å². The maximum atomic E-state index is 12.4. The number of ether oxygens (including phenoxy) is 1. The molecule has 0 unspecified atom stereocenters. The van der Waals surface area contributed by atoms with E-state index >= 15 is 0 Å². The smallest absolute Gasteiger partial charge is 0.405 e. The lowest BCUT2D eigenvalue weighted by Gasteiger charge is -2.13. The minimum Gasteiger partial charge on any atom is -0.491 e. The summed E-state index contributed by atoms with van der Waals surface area (Å²) in [5.74, 6) is -1.16. The highest BCUT2D eigenvalue weighted by Crippen LogP contribution is 2.25. The summed E-state index contributed by atoms with van der Waals surface area (Å²) < 4.78 is 44.2. The van der Waals surface area contributed by atoms with Gasteiger partial charge in [0.1, 0.15) is 18.0 Å². The Morgan fingerprint density at radius 1 is 1.18 bits per heavy atom. The van der Waals surface area contributed by atoms with Gasteiger partial charge in [-0.1, -0.05) is 11.3 Å². The van der Waals surface area contributed by atoms with E-state index in [0.717, 1.165) is 0 Å². The van der Waals surface area contributed by atoms with E-state index in [1.54, 1.807) is 6.08 Å². The number of rotatable bonds is 13. The van der Waals surface area contributed by atoms with E-state index in [0.29, 0.717) is 37.9 Å². The Morgan fingerprint density at radius 3 is 2.67 bits per heavy atom. The van der Waals surface area contributed by atoms with Gasteiger partial charge in [0.15, 0.2) is 5.69 Å². The molecule has 0 aliphatic rings. The number of aliphatic hydroxyl groups excluding tert-OH is 1. The molecule has 33 heavy (non-hydrogen) atoms. The van der Waals surface area contributed by atoms with Crippen molar-refractivity contribution in [2.24, 2.45) is 0 Å². The predicted molar refractivity (Wildman–Crippen MR) is 113 cm³/mol. The number of amides is 2. The third-order valence-electron chi connectivity index (χ3n) is 4.32. The van der Waals surface area contributed by atoms with Crippen molar-refractivity contribution in [1.29, 1.82) is 0 Å². The normalized spacial score (nSPS) is 11.2. The summed E-state index contributed by atoms with van der Waals surface area (Å²) in [5.41, 5.74) is 0.375. The van der Waals surface area contributed by atoms with Crippen LogP contribution in [0.3, 0.4) is 0 Å². The molecule has 0 saturated carbocycles. The molecular weight excluding hydrogens is 443 g/mol. The fraction of sp³-hybridized carbons (Fsp3) is 0.429. The van der Waals surface area contributed by atoms with Gasteiger partial charge in [-0.3, -0.25) is 9.59 Å². The van der Waals surface area contributed by atoms with Crippen LogP contribution in [-0.2, 0) is 0 Å². The van der Waals surface area contributed by atoms with Gasteiger partial charge in [0.25, 0.3) is 11.8 Å². The van der Waals surface area contributed by atoms with E-state index in [2.05, 4.69) is 22.2 Å². The molecule has 0 radical (unpaired) electrons. The average Bonchev–Trinajstić information content (AvgIpc) is 3.27. The van der Waals surface area contributed by atoms with Crippen molar-refractivity contribution in [1.82, 2.24) is 25.6 Å². The largest absolute Gasteiger partial charge is 0.491 e. The van der Waals surface area contributed by atoms with Crippen molar-refractivity contribution in [3.63, 3.8) is 0 Å². The highest BCUT2D eigenvalue weighted by molar-refractivity contribution is 5.95. The van der Waals surface area contributed by atoms with E-state index in [-0.39, 0.29) is 30.2 Å². The monoisotopic (exact) mass is 469 g/mol. The summed E-state index contributed by atoms with van der Waals surface area (Å²) >= 11 is 0. The lowest BCUT2D eigenvalue weighted by Crippen LogP contribution is -2.33. The second-order valence-corrected chi connectivity index (χ2v) is 6.99. The summed E-state index contributed by atoms with van der Waals surface area (Å²) in [5, 5.41) is 21.0. The first-order chi connectivity index (χ1) is 15.7. The molecule has 1 heterocycles. The van der Waals surface area contributed by atoms with Gasteiger partial charge >= 0.3 is 6.18 Å². The van der Waals surface area contributed by atoms with Crippen LogP contribution in [0.4, 0.5) is 13.2 Å². The highest BCUT2D eigenvalue weighted by atomic mass is 19.4. The minimum atomic E-state index is -4.53. The number of hydrogen-bond donors (Lipinski definition) is 3. The molecule has 9 nitrogen and oxygen atoms in total. The molecule has 2 rings (SSSR count). The number of halogens is 3. The van der Waals surface area contributed by atoms with Crippen LogP contribution < -0.4 is 15.4 Å². The zero-order valence-electron chi connectivity index (χ0n) is 17.9. The first-order valence-electron chi connectivity index (χ1n) is 10.3. The van der Waals surface area contributed by atoms with Crippen LogP contribution in [0.15, 0.2) is 37.1 Å². The second-order valence-electron chi connectivity index (χ2n) is 6.99. The van der Waals surface area contributed by atoms with Gasteiger partial charge in [-0.15, -0.1) is 11.7 Å². The summed E-state index contributed by atoms with van der Waals surface area (Å²) in [6.45, 7) is 2.83. The maximum absolute atomic E-state index is 12.4. The Labute approximate surface area is 188 Å². The van der Waals surface area contributed by atoms with Crippen LogP contribution in [0.1, 0.15) is 46.5 Å². The lowest BCUT2D eigenvalue weighted by molar-refractivity contribution is -0.123. The number of hydrogen-bond acceptors (Lipinski definition) is 6. The number of carbonyl (C=O) groups is 2. The standard InChI is InChI=1S/C21H26F3N5O4/c1-2-3-6-11-33-18-12-15(19(31)26-14-21(22,23)24)7-8-17(18)29-13-16(27-28-29)20(32)25-9-4-5-10-30/h2,7-8,12-13,30H,1,3-6,9-11,14H2,(H,25,32)(H,26,31). The summed E-state index contributed by atoms with van der Waals surface area (Å²) in [6.07, 6.45) is 1.04. The average molecular weight is 469 g/mol. The Hall–Kier alpha value is -3.41. The number of carbonyl (C=O) groups excluding carboxylic acids is 2. The molecule has 2 aromatic rings. The van der Waals surface area contributed by atoms with Crippen LogP contribution in [0.2, 0.25) is 0 Å². The fourth-order valence-electron chi connectivity index (χ4n) is 2.67. The van der Waals surface area contributed by atoms with Crippen LogP contribution in [0.5, 0.6) is 5.75 Å². The molecule has 0 atom stereocenters. The quantitative estimate of drug-likeness (QED) is 0.306. The number of nitrogens with zero attached hydrogens (tertiary/aromatic N) is 3. The van der Waals surface area contributed by atoms with E-state index in [1.807, 2.05) is 5.32 Å². The number of aliphatic hydroxyl groups is 1. The van der Waals surface area contributed by atoms with Gasteiger partial charge in [0.05, 0.1) is 12.8 Å². The molecule has 3 N–H and O–H groups in total. The van der Waals surface area contributed by atoms with Crippen molar-refractivity contribution >= 4 is 11.8 Å². The zero-order valence-corrected chi connectivity index (χ0v) is 17.9. The molecule has 0 saturated heterocycles. The SMILES string of the molecule is C=CCCCOc1cc(C(=O)NCC(F)(F)F)ccc1-n1cc(C(=O)NCCCCO)nn1. The van der Waals surface area contributed by atoms with Crippen molar-refractivity contribution in [2.45, 2.75) is 31.9 Å². The second kappa shape index (κ2) is 12.6.